The van der Waals surface area contributed by atoms with Gasteiger partial charge in [-0.15, -0.1) is 11.3 Å². The molecule has 1 N–H and O–H groups in total. The number of amides is 1. The number of aliphatic carboxylic acids is 1. The molecule has 2 unspecified atom stereocenters. The van der Waals surface area contributed by atoms with Crippen LogP contribution in [-0.2, 0) is 17.6 Å². The average Bonchev–Trinajstić information content (AvgIpc) is 2.78. The second-order valence-corrected chi connectivity index (χ2v) is 6.29. The van der Waals surface area contributed by atoms with Gasteiger partial charge in [0.25, 0.3) is 5.91 Å². The summed E-state index contributed by atoms with van der Waals surface area (Å²) >= 11 is 1.63. The normalized spacial score (nSPS) is 19.6. The van der Waals surface area contributed by atoms with Gasteiger partial charge in [-0.1, -0.05) is 6.92 Å². The third kappa shape index (κ3) is 2.66. The van der Waals surface area contributed by atoms with Crippen molar-refractivity contribution in [3.8, 4) is 0 Å². The van der Waals surface area contributed by atoms with Crippen LogP contribution in [0.1, 0.15) is 41.1 Å². The van der Waals surface area contributed by atoms with E-state index in [2.05, 4.69) is 6.92 Å². The lowest BCUT2D eigenvalue weighted by Gasteiger charge is -2.23. The summed E-state index contributed by atoms with van der Waals surface area (Å²) in [4.78, 5) is 25.9. The van der Waals surface area contributed by atoms with Crippen LogP contribution in [-0.4, -0.2) is 35.0 Å². The van der Waals surface area contributed by atoms with Crippen LogP contribution in [0.5, 0.6) is 0 Å². The van der Waals surface area contributed by atoms with Crippen molar-refractivity contribution >= 4 is 23.2 Å². The first-order valence-corrected chi connectivity index (χ1v) is 7.39. The lowest BCUT2D eigenvalue weighted by molar-refractivity contribution is -0.141. The molecule has 0 spiro atoms. The van der Waals surface area contributed by atoms with Gasteiger partial charge in [0.05, 0.1) is 5.56 Å². The largest absolute Gasteiger partial charge is 0.480 e. The van der Waals surface area contributed by atoms with Gasteiger partial charge in [-0.3, -0.25) is 4.79 Å². The van der Waals surface area contributed by atoms with E-state index in [1.54, 1.807) is 18.4 Å². The second kappa shape index (κ2) is 5.33. The van der Waals surface area contributed by atoms with Gasteiger partial charge in [0.15, 0.2) is 0 Å². The van der Waals surface area contributed by atoms with Crippen molar-refractivity contribution < 1.29 is 14.7 Å². The number of thiophene rings is 1. The Kier molecular flexibility index (Phi) is 3.94. The summed E-state index contributed by atoms with van der Waals surface area (Å²) in [7, 11) is 1.55. The molecule has 4 nitrogen and oxygen atoms in total. The summed E-state index contributed by atoms with van der Waals surface area (Å²) in [6, 6.07) is -0.800. The highest BCUT2D eigenvalue weighted by Gasteiger charge is 2.28. The quantitative estimate of drug-likeness (QED) is 0.925. The summed E-state index contributed by atoms with van der Waals surface area (Å²) in [5.41, 5.74) is 1.83. The van der Waals surface area contributed by atoms with E-state index >= 15 is 0 Å². The predicted octanol–water partition coefficient (Wildman–Crippen LogP) is 2.42. The van der Waals surface area contributed by atoms with Gasteiger partial charge in [-0.25, -0.2) is 4.79 Å². The number of carboxylic acids is 1. The molecule has 1 aromatic heterocycles. The Bertz CT molecular complexity index is 509. The molecule has 1 aliphatic rings. The van der Waals surface area contributed by atoms with Crippen molar-refractivity contribution in [2.24, 2.45) is 5.92 Å². The average molecular weight is 281 g/mol. The molecule has 0 radical (unpaired) electrons. The standard InChI is InChI=1S/C14H19NO3S/c1-8-4-5-10-11(7-19-12(10)6-8)13(16)15(3)9(2)14(17)18/h7-9H,4-6H2,1-3H3,(H,17,18). The Morgan fingerprint density at radius 1 is 1.53 bits per heavy atom. The first-order valence-electron chi connectivity index (χ1n) is 6.51. The Balaban J connectivity index is 2.23. The van der Waals surface area contributed by atoms with E-state index in [0.717, 1.165) is 24.8 Å². The Morgan fingerprint density at radius 3 is 2.84 bits per heavy atom. The first-order chi connectivity index (χ1) is 8.91. The minimum absolute atomic E-state index is 0.179. The fraction of sp³-hybridized carbons (Fsp3) is 0.571. The lowest BCUT2D eigenvalue weighted by Crippen LogP contribution is -2.40. The van der Waals surface area contributed by atoms with E-state index in [1.165, 1.54) is 16.7 Å². The van der Waals surface area contributed by atoms with Gasteiger partial charge in [-0.2, -0.15) is 0 Å². The van der Waals surface area contributed by atoms with Crippen LogP contribution < -0.4 is 0 Å². The molecule has 1 amide bonds. The Labute approximate surface area is 117 Å². The molecule has 0 aromatic carbocycles. The topological polar surface area (TPSA) is 57.6 Å². The van der Waals surface area contributed by atoms with Crippen LogP contribution >= 0.6 is 11.3 Å². The number of fused-ring (bicyclic) bond motifs is 1. The van der Waals surface area contributed by atoms with Crippen molar-refractivity contribution in [2.45, 2.75) is 39.2 Å². The van der Waals surface area contributed by atoms with E-state index in [-0.39, 0.29) is 5.91 Å². The lowest BCUT2D eigenvalue weighted by atomic mass is 9.88. The second-order valence-electron chi connectivity index (χ2n) is 5.33. The Morgan fingerprint density at radius 2 is 2.21 bits per heavy atom. The van der Waals surface area contributed by atoms with Crippen molar-refractivity contribution in [1.82, 2.24) is 4.90 Å². The van der Waals surface area contributed by atoms with Gasteiger partial charge < -0.3 is 10.0 Å². The zero-order valence-electron chi connectivity index (χ0n) is 11.5. The molecule has 2 atom stereocenters. The molecule has 19 heavy (non-hydrogen) atoms. The van der Waals surface area contributed by atoms with E-state index in [4.69, 9.17) is 5.11 Å². The number of hydrogen-bond donors (Lipinski definition) is 1. The highest BCUT2D eigenvalue weighted by Crippen LogP contribution is 2.33. The molecule has 0 saturated heterocycles. The molecule has 1 aromatic rings. The molecule has 0 aliphatic heterocycles. The monoisotopic (exact) mass is 281 g/mol. The summed E-state index contributed by atoms with van der Waals surface area (Å²) in [5, 5.41) is 10.9. The number of likely N-dealkylation sites (N-methyl/N-ethyl adjacent to an activating group) is 1. The zero-order chi connectivity index (χ0) is 14.2. The molecule has 0 bridgehead atoms. The highest BCUT2D eigenvalue weighted by molar-refractivity contribution is 7.10. The third-order valence-corrected chi connectivity index (χ3v) is 4.94. The number of carbonyl (C=O) groups excluding carboxylic acids is 1. The van der Waals surface area contributed by atoms with Crippen LogP contribution in [0.25, 0.3) is 0 Å². The van der Waals surface area contributed by atoms with Crippen LogP contribution in [0, 0.1) is 5.92 Å². The summed E-state index contributed by atoms with van der Waals surface area (Å²) < 4.78 is 0. The number of nitrogens with zero attached hydrogens (tertiary/aromatic N) is 1. The number of carboxylic acid groups (broad SMARTS) is 1. The molecule has 1 heterocycles. The number of carbonyl (C=O) groups is 2. The van der Waals surface area contributed by atoms with Crippen molar-refractivity contribution in [2.75, 3.05) is 7.05 Å². The van der Waals surface area contributed by atoms with Crippen LogP contribution in [0.3, 0.4) is 0 Å². The molecule has 1 aliphatic carbocycles. The molecule has 5 heteroatoms. The van der Waals surface area contributed by atoms with Crippen molar-refractivity contribution in [1.29, 1.82) is 0 Å². The van der Waals surface area contributed by atoms with Crippen LogP contribution in [0.15, 0.2) is 5.38 Å². The fourth-order valence-electron chi connectivity index (χ4n) is 2.39. The fourth-order valence-corrected chi connectivity index (χ4v) is 3.63. The van der Waals surface area contributed by atoms with Gasteiger partial charge in [0.2, 0.25) is 0 Å². The number of hydrogen-bond acceptors (Lipinski definition) is 3. The molecule has 0 fully saturated rings. The van der Waals surface area contributed by atoms with Gasteiger partial charge in [-0.05, 0) is 37.7 Å². The van der Waals surface area contributed by atoms with Crippen molar-refractivity contribution in [3.05, 3.63) is 21.4 Å². The zero-order valence-corrected chi connectivity index (χ0v) is 12.3. The first kappa shape index (κ1) is 14.1. The highest BCUT2D eigenvalue weighted by atomic mass is 32.1. The minimum atomic E-state index is -0.978. The van der Waals surface area contributed by atoms with E-state index in [1.807, 2.05) is 5.38 Å². The van der Waals surface area contributed by atoms with Gasteiger partial charge in [0, 0.05) is 17.3 Å². The maximum Gasteiger partial charge on any atom is 0.326 e. The summed E-state index contributed by atoms with van der Waals surface area (Å²) in [6.45, 7) is 3.75. The maximum atomic E-state index is 12.4. The van der Waals surface area contributed by atoms with E-state index in [0.29, 0.717) is 11.5 Å². The third-order valence-electron chi connectivity index (χ3n) is 3.89. The molecular formula is C14H19NO3S. The SMILES string of the molecule is CC1CCc2c(C(=O)N(C)C(C)C(=O)O)csc2C1. The number of rotatable bonds is 3. The van der Waals surface area contributed by atoms with Gasteiger partial charge >= 0.3 is 5.97 Å². The molecule has 2 rings (SSSR count). The van der Waals surface area contributed by atoms with Gasteiger partial charge in [0.1, 0.15) is 6.04 Å². The molecular weight excluding hydrogens is 262 g/mol. The molecule has 104 valence electrons. The van der Waals surface area contributed by atoms with E-state index in [9.17, 15) is 9.59 Å². The predicted molar refractivity (Wildman–Crippen MR) is 74.7 cm³/mol. The minimum Gasteiger partial charge on any atom is -0.480 e. The molecule has 0 saturated carbocycles. The summed E-state index contributed by atoms with van der Waals surface area (Å²) in [6.07, 6.45) is 3.06. The van der Waals surface area contributed by atoms with Crippen LogP contribution in [0.4, 0.5) is 0 Å². The summed E-state index contributed by atoms with van der Waals surface area (Å²) in [5.74, 6) is -0.486. The maximum absolute atomic E-state index is 12.4. The Hall–Kier alpha value is -1.36. The smallest absolute Gasteiger partial charge is 0.326 e. The van der Waals surface area contributed by atoms with Crippen molar-refractivity contribution in [3.63, 3.8) is 0 Å². The van der Waals surface area contributed by atoms with E-state index < -0.39 is 12.0 Å². The van der Waals surface area contributed by atoms with Crippen LogP contribution in [0.2, 0.25) is 0 Å².